The first kappa shape index (κ1) is 12.7. The number of hydrogen-bond acceptors (Lipinski definition) is 2. The summed E-state index contributed by atoms with van der Waals surface area (Å²) in [6, 6.07) is 3.93. The van der Waals surface area contributed by atoms with Gasteiger partial charge in [0.1, 0.15) is 5.82 Å². The second kappa shape index (κ2) is 4.86. The van der Waals surface area contributed by atoms with Crippen LogP contribution in [0.4, 0.5) is 8.78 Å². The molecule has 0 atom stereocenters. The van der Waals surface area contributed by atoms with E-state index in [0.717, 1.165) is 23.3 Å². The summed E-state index contributed by atoms with van der Waals surface area (Å²) in [6.07, 6.45) is 0.506. The highest BCUT2D eigenvalue weighted by molar-refractivity contribution is 5.27. The Balaban J connectivity index is 2.33. The number of nitrogens with zero attached hydrogens (tertiary/aromatic N) is 2. The lowest BCUT2D eigenvalue weighted by atomic mass is 10.1. The Morgan fingerprint density at radius 3 is 2.56 bits per heavy atom. The lowest BCUT2D eigenvalue weighted by Gasteiger charge is -2.06. The Kier molecular flexibility index (Phi) is 3.43. The van der Waals surface area contributed by atoms with Crippen molar-refractivity contribution in [3.8, 4) is 0 Å². The van der Waals surface area contributed by atoms with Crippen molar-refractivity contribution in [2.75, 3.05) is 0 Å². The average molecular weight is 251 g/mol. The number of aromatic nitrogens is 2. The minimum absolute atomic E-state index is 0.356. The topological polar surface area (TPSA) is 43.8 Å². The summed E-state index contributed by atoms with van der Waals surface area (Å²) >= 11 is 0. The summed E-state index contributed by atoms with van der Waals surface area (Å²) < 4.78 is 27.9. The molecule has 5 heteroatoms. The SMILES string of the molecule is Cc1nc(CN)n(C)c1Cc1ccc(F)c(F)c1. The molecule has 2 aromatic rings. The second-order valence-electron chi connectivity index (χ2n) is 4.25. The highest BCUT2D eigenvalue weighted by Gasteiger charge is 2.12. The lowest BCUT2D eigenvalue weighted by Crippen LogP contribution is -2.07. The van der Waals surface area contributed by atoms with E-state index in [2.05, 4.69) is 4.98 Å². The van der Waals surface area contributed by atoms with Crippen LogP contribution in [0.2, 0.25) is 0 Å². The van der Waals surface area contributed by atoms with E-state index in [1.165, 1.54) is 6.07 Å². The smallest absolute Gasteiger partial charge is 0.159 e. The van der Waals surface area contributed by atoms with Crippen molar-refractivity contribution >= 4 is 0 Å². The molecule has 2 N–H and O–H groups in total. The summed E-state index contributed by atoms with van der Waals surface area (Å²) in [5.74, 6) is -0.875. The molecule has 1 aromatic heterocycles. The van der Waals surface area contributed by atoms with Gasteiger partial charge in [-0.3, -0.25) is 0 Å². The van der Waals surface area contributed by atoms with Crippen molar-refractivity contribution in [2.45, 2.75) is 19.9 Å². The zero-order valence-corrected chi connectivity index (χ0v) is 10.4. The molecule has 96 valence electrons. The van der Waals surface area contributed by atoms with Gasteiger partial charge >= 0.3 is 0 Å². The van der Waals surface area contributed by atoms with Crippen LogP contribution in [0.3, 0.4) is 0 Å². The van der Waals surface area contributed by atoms with Crippen molar-refractivity contribution in [3.63, 3.8) is 0 Å². The van der Waals surface area contributed by atoms with E-state index in [1.807, 2.05) is 18.5 Å². The fraction of sp³-hybridized carbons (Fsp3) is 0.308. The third-order valence-electron chi connectivity index (χ3n) is 3.04. The van der Waals surface area contributed by atoms with E-state index in [9.17, 15) is 8.78 Å². The van der Waals surface area contributed by atoms with Crippen LogP contribution in [0.25, 0.3) is 0 Å². The predicted octanol–water partition coefficient (Wildman–Crippen LogP) is 2.06. The summed E-state index contributed by atoms with van der Waals surface area (Å²) in [4.78, 5) is 4.33. The predicted molar refractivity (Wildman–Crippen MR) is 65.0 cm³/mol. The Morgan fingerprint density at radius 2 is 2.00 bits per heavy atom. The molecule has 0 aliphatic carbocycles. The molecule has 0 fully saturated rings. The lowest BCUT2D eigenvalue weighted by molar-refractivity contribution is 0.507. The van der Waals surface area contributed by atoms with Gasteiger partial charge in [0.05, 0.1) is 12.2 Å². The number of rotatable bonds is 3. The molecule has 1 heterocycles. The normalized spacial score (nSPS) is 10.9. The molecule has 18 heavy (non-hydrogen) atoms. The van der Waals surface area contributed by atoms with Gasteiger partial charge in [-0.25, -0.2) is 13.8 Å². The Hall–Kier alpha value is -1.75. The quantitative estimate of drug-likeness (QED) is 0.907. The molecule has 0 saturated heterocycles. The van der Waals surface area contributed by atoms with Gasteiger partial charge in [-0.1, -0.05) is 6.07 Å². The van der Waals surface area contributed by atoms with Crippen LogP contribution in [0, 0.1) is 18.6 Å². The third-order valence-corrected chi connectivity index (χ3v) is 3.04. The van der Waals surface area contributed by atoms with E-state index < -0.39 is 11.6 Å². The highest BCUT2D eigenvalue weighted by Crippen LogP contribution is 2.16. The number of imidazole rings is 1. The van der Waals surface area contributed by atoms with E-state index in [-0.39, 0.29) is 0 Å². The van der Waals surface area contributed by atoms with Gasteiger partial charge < -0.3 is 10.3 Å². The van der Waals surface area contributed by atoms with E-state index in [0.29, 0.717) is 18.5 Å². The van der Waals surface area contributed by atoms with Gasteiger partial charge in [-0.2, -0.15) is 0 Å². The summed E-state index contributed by atoms with van der Waals surface area (Å²) in [5, 5.41) is 0. The molecule has 0 aliphatic heterocycles. The summed E-state index contributed by atoms with van der Waals surface area (Å²) in [6.45, 7) is 2.24. The van der Waals surface area contributed by atoms with Crippen molar-refractivity contribution < 1.29 is 8.78 Å². The molecule has 0 unspecified atom stereocenters. The molecule has 0 spiro atoms. The van der Waals surface area contributed by atoms with Crippen molar-refractivity contribution in [1.29, 1.82) is 0 Å². The number of nitrogens with two attached hydrogens (primary N) is 1. The van der Waals surface area contributed by atoms with Crippen LogP contribution in [0.1, 0.15) is 22.8 Å². The Morgan fingerprint density at radius 1 is 1.28 bits per heavy atom. The largest absolute Gasteiger partial charge is 0.333 e. The molecule has 0 saturated carbocycles. The number of benzene rings is 1. The fourth-order valence-corrected chi connectivity index (χ4v) is 2.00. The molecular weight excluding hydrogens is 236 g/mol. The molecular formula is C13H15F2N3. The zero-order chi connectivity index (χ0) is 13.3. The maximum atomic E-state index is 13.1. The van der Waals surface area contributed by atoms with Crippen molar-refractivity contribution in [1.82, 2.24) is 9.55 Å². The molecule has 1 aromatic carbocycles. The van der Waals surface area contributed by atoms with Crippen LogP contribution >= 0.6 is 0 Å². The Labute approximate surface area is 104 Å². The van der Waals surface area contributed by atoms with Gasteiger partial charge in [0.2, 0.25) is 0 Å². The number of hydrogen-bond donors (Lipinski definition) is 1. The van der Waals surface area contributed by atoms with Crippen LogP contribution < -0.4 is 5.73 Å². The first-order chi connectivity index (χ1) is 8.52. The van der Waals surface area contributed by atoms with E-state index in [1.54, 1.807) is 6.07 Å². The van der Waals surface area contributed by atoms with E-state index >= 15 is 0 Å². The highest BCUT2D eigenvalue weighted by atomic mass is 19.2. The molecule has 2 rings (SSSR count). The van der Waals surface area contributed by atoms with Gasteiger partial charge in [0.15, 0.2) is 11.6 Å². The van der Waals surface area contributed by atoms with Crippen molar-refractivity contribution in [3.05, 3.63) is 52.6 Å². The summed E-state index contributed by atoms with van der Waals surface area (Å²) in [5.41, 5.74) is 8.11. The maximum absolute atomic E-state index is 13.1. The molecule has 0 amide bonds. The minimum atomic E-state index is -0.830. The van der Waals surface area contributed by atoms with Crippen LogP contribution in [0.5, 0.6) is 0 Å². The van der Waals surface area contributed by atoms with Gasteiger partial charge in [-0.15, -0.1) is 0 Å². The van der Waals surface area contributed by atoms with Crippen LogP contribution in [0.15, 0.2) is 18.2 Å². The van der Waals surface area contributed by atoms with Crippen LogP contribution in [-0.2, 0) is 20.0 Å². The third kappa shape index (κ3) is 2.26. The molecule has 0 radical (unpaired) electrons. The second-order valence-corrected chi connectivity index (χ2v) is 4.25. The zero-order valence-electron chi connectivity index (χ0n) is 10.4. The molecule has 0 aliphatic rings. The number of halogens is 2. The number of aryl methyl sites for hydroxylation is 1. The maximum Gasteiger partial charge on any atom is 0.159 e. The van der Waals surface area contributed by atoms with Crippen molar-refractivity contribution in [2.24, 2.45) is 12.8 Å². The molecule has 3 nitrogen and oxygen atoms in total. The average Bonchev–Trinajstić information content (AvgIpc) is 2.61. The standard InChI is InChI=1S/C13H15F2N3/c1-8-12(18(2)13(7-16)17-8)6-9-3-4-10(14)11(15)5-9/h3-5H,6-7,16H2,1-2H3. The summed E-state index contributed by atoms with van der Waals surface area (Å²) in [7, 11) is 1.87. The van der Waals surface area contributed by atoms with Crippen LogP contribution in [-0.4, -0.2) is 9.55 Å². The first-order valence-electron chi connectivity index (χ1n) is 5.68. The monoisotopic (exact) mass is 251 g/mol. The Bertz CT molecular complexity index is 576. The molecule has 0 bridgehead atoms. The van der Waals surface area contributed by atoms with Gasteiger partial charge in [0, 0.05) is 19.2 Å². The minimum Gasteiger partial charge on any atom is -0.333 e. The first-order valence-corrected chi connectivity index (χ1v) is 5.68. The van der Waals surface area contributed by atoms with E-state index in [4.69, 9.17) is 5.73 Å². The fourth-order valence-electron chi connectivity index (χ4n) is 2.00. The van der Waals surface area contributed by atoms with Gasteiger partial charge in [0.25, 0.3) is 0 Å². The van der Waals surface area contributed by atoms with Gasteiger partial charge in [-0.05, 0) is 24.6 Å².